The second-order valence-electron chi connectivity index (χ2n) is 3.87. The number of para-hydroxylation sites is 1. The monoisotopic (exact) mass is 238 g/mol. The average molecular weight is 238 g/mol. The highest BCUT2D eigenvalue weighted by Crippen LogP contribution is 2.17. The fraction of sp³-hybridized carbons (Fsp3) is 0.462. The maximum atomic E-state index is 11.6. The van der Waals surface area contributed by atoms with E-state index in [-0.39, 0.29) is 11.3 Å². The summed E-state index contributed by atoms with van der Waals surface area (Å²) in [4.78, 5) is 11.6. The molecule has 0 fully saturated rings. The van der Waals surface area contributed by atoms with E-state index in [0.717, 1.165) is 19.3 Å². The van der Waals surface area contributed by atoms with Crippen molar-refractivity contribution in [2.75, 3.05) is 0 Å². The lowest BCUT2D eigenvalue weighted by atomic mass is 10.2. The number of aliphatic hydroxyl groups excluding tert-OH is 1. The summed E-state index contributed by atoms with van der Waals surface area (Å²) >= 11 is 0. The van der Waals surface area contributed by atoms with E-state index in [9.17, 15) is 15.0 Å². The molecule has 1 aromatic carbocycles. The molecule has 0 aliphatic carbocycles. The van der Waals surface area contributed by atoms with Gasteiger partial charge in [0.25, 0.3) is 0 Å². The van der Waals surface area contributed by atoms with Gasteiger partial charge >= 0.3 is 5.97 Å². The number of phenols is 1. The van der Waals surface area contributed by atoms with E-state index in [1.807, 2.05) is 0 Å². The van der Waals surface area contributed by atoms with Crippen LogP contribution in [0.1, 0.15) is 43.0 Å². The Balaban J connectivity index is 2.46. The number of rotatable bonds is 6. The van der Waals surface area contributed by atoms with Gasteiger partial charge < -0.3 is 14.9 Å². The average Bonchev–Trinajstić information content (AvgIpc) is 2.29. The molecule has 0 saturated heterocycles. The highest BCUT2D eigenvalue weighted by atomic mass is 16.6. The molecule has 0 bridgehead atoms. The Morgan fingerprint density at radius 3 is 2.71 bits per heavy atom. The van der Waals surface area contributed by atoms with Crippen molar-refractivity contribution in [2.24, 2.45) is 0 Å². The summed E-state index contributed by atoms with van der Waals surface area (Å²) < 4.78 is 4.82. The molecule has 2 N–H and O–H groups in total. The highest BCUT2D eigenvalue weighted by Gasteiger charge is 2.15. The minimum absolute atomic E-state index is 0.0713. The molecule has 0 radical (unpaired) electrons. The van der Waals surface area contributed by atoms with Gasteiger partial charge in [-0.25, -0.2) is 4.79 Å². The summed E-state index contributed by atoms with van der Waals surface area (Å²) in [6.07, 6.45) is 2.16. The zero-order valence-corrected chi connectivity index (χ0v) is 9.93. The van der Waals surface area contributed by atoms with Crippen molar-refractivity contribution in [2.45, 2.75) is 38.9 Å². The summed E-state index contributed by atoms with van der Waals surface area (Å²) in [5, 5.41) is 18.9. The van der Waals surface area contributed by atoms with E-state index in [2.05, 4.69) is 6.92 Å². The van der Waals surface area contributed by atoms with E-state index < -0.39 is 12.3 Å². The molecule has 94 valence electrons. The SMILES string of the molecule is CCCCCC(O)OC(=O)c1ccccc1O. The smallest absolute Gasteiger partial charge is 0.344 e. The number of aromatic hydroxyl groups is 1. The molecule has 0 heterocycles. The molecule has 4 heteroatoms. The predicted octanol–water partition coefficient (Wildman–Crippen LogP) is 2.45. The van der Waals surface area contributed by atoms with Crippen LogP contribution >= 0.6 is 0 Å². The lowest BCUT2D eigenvalue weighted by molar-refractivity contribution is -0.0694. The van der Waals surface area contributed by atoms with Crippen LogP contribution in [-0.4, -0.2) is 22.5 Å². The van der Waals surface area contributed by atoms with Crippen LogP contribution in [0.4, 0.5) is 0 Å². The number of carbonyl (C=O) groups is 1. The molecule has 1 rings (SSSR count). The summed E-state index contributed by atoms with van der Waals surface area (Å²) in [6.45, 7) is 2.06. The lowest BCUT2D eigenvalue weighted by Gasteiger charge is -2.12. The van der Waals surface area contributed by atoms with Crippen molar-refractivity contribution in [3.05, 3.63) is 29.8 Å². The first-order valence-corrected chi connectivity index (χ1v) is 5.82. The first-order valence-electron chi connectivity index (χ1n) is 5.82. The molecule has 0 amide bonds. The normalized spacial score (nSPS) is 12.1. The summed E-state index contributed by atoms with van der Waals surface area (Å²) in [7, 11) is 0. The first kappa shape index (κ1) is 13.5. The van der Waals surface area contributed by atoms with Crippen molar-refractivity contribution in [1.29, 1.82) is 0 Å². The van der Waals surface area contributed by atoms with Gasteiger partial charge in [-0.15, -0.1) is 0 Å². The van der Waals surface area contributed by atoms with E-state index >= 15 is 0 Å². The number of esters is 1. The van der Waals surface area contributed by atoms with E-state index in [4.69, 9.17) is 4.74 Å². The Morgan fingerprint density at radius 2 is 2.06 bits per heavy atom. The van der Waals surface area contributed by atoms with Crippen LogP contribution in [-0.2, 0) is 4.74 Å². The second kappa shape index (κ2) is 6.91. The van der Waals surface area contributed by atoms with Gasteiger partial charge in [-0.1, -0.05) is 31.9 Å². The van der Waals surface area contributed by atoms with Crippen LogP contribution in [0.25, 0.3) is 0 Å². The fourth-order valence-electron chi connectivity index (χ4n) is 1.46. The zero-order chi connectivity index (χ0) is 12.7. The molecule has 0 saturated carbocycles. The van der Waals surface area contributed by atoms with Gasteiger partial charge in [0.15, 0.2) is 0 Å². The van der Waals surface area contributed by atoms with E-state index in [0.29, 0.717) is 6.42 Å². The van der Waals surface area contributed by atoms with Gasteiger partial charge in [-0.05, 0) is 18.6 Å². The number of aliphatic hydroxyl groups is 1. The lowest BCUT2D eigenvalue weighted by Crippen LogP contribution is -2.17. The molecule has 1 atom stereocenters. The number of phenolic OH excluding ortho intramolecular Hbond substituents is 1. The maximum Gasteiger partial charge on any atom is 0.344 e. The number of unbranched alkanes of at least 4 members (excludes halogenated alkanes) is 2. The van der Waals surface area contributed by atoms with Crippen molar-refractivity contribution in [3.8, 4) is 5.75 Å². The Bertz CT molecular complexity index is 362. The Morgan fingerprint density at radius 1 is 1.35 bits per heavy atom. The van der Waals surface area contributed by atoms with Gasteiger partial charge in [0.2, 0.25) is 6.29 Å². The van der Waals surface area contributed by atoms with Crippen molar-refractivity contribution in [3.63, 3.8) is 0 Å². The summed E-state index contributed by atoms with van der Waals surface area (Å²) in [6, 6.07) is 6.10. The topological polar surface area (TPSA) is 66.8 Å². The third-order valence-electron chi connectivity index (χ3n) is 2.42. The van der Waals surface area contributed by atoms with Crippen LogP contribution in [0, 0.1) is 0 Å². The molecule has 1 unspecified atom stereocenters. The summed E-state index contributed by atoms with van der Waals surface area (Å²) in [5.41, 5.74) is 0.0713. The van der Waals surface area contributed by atoms with Crippen LogP contribution in [0.3, 0.4) is 0 Å². The number of ether oxygens (including phenoxy) is 1. The van der Waals surface area contributed by atoms with Crippen molar-refractivity contribution < 1.29 is 19.7 Å². The highest BCUT2D eigenvalue weighted by molar-refractivity contribution is 5.92. The molecule has 17 heavy (non-hydrogen) atoms. The number of hydrogen-bond donors (Lipinski definition) is 2. The van der Waals surface area contributed by atoms with Crippen LogP contribution in [0.5, 0.6) is 5.75 Å². The van der Waals surface area contributed by atoms with Gasteiger partial charge in [-0.3, -0.25) is 0 Å². The quantitative estimate of drug-likeness (QED) is 0.454. The predicted molar refractivity (Wildman–Crippen MR) is 63.7 cm³/mol. The second-order valence-corrected chi connectivity index (χ2v) is 3.87. The van der Waals surface area contributed by atoms with Crippen LogP contribution < -0.4 is 0 Å². The largest absolute Gasteiger partial charge is 0.507 e. The molecule has 1 aromatic rings. The van der Waals surface area contributed by atoms with Crippen LogP contribution in [0.2, 0.25) is 0 Å². The Labute approximate surface area is 101 Å². The van der Waals surface area contributed by atoms with Crippen molar-refractivity contribution in [1.82, 2.24) is 0 Å². The zero-order valence-electron chi connectivity index (χ0n) is 9.93. The molecule has 4 nitrogen and oxygen atoms in total. The Kier molecular flexibility index (Phi) is 5.49. The maximum absolute atomic E-state index is 11.6. The third-order valence-corrected chi connectivity index (χ3v) is 2.42. The van der Waals surface area contributed by atoms with Crippen molar-refractivity contribution >= 4 is 5.97 Å². The van der Waals surface area contributed by atoms with E-state index in [1.165, 1.54) is 12.1 Å². The molecule has 0 aliphatic rings. The number of carbonyl (C=O) groups excluding carboxylic acids is 1. The molecular formula is C13H18O4. The fourth-order valence-corrected chi connectivity index (χ4v) is 1.46. The number of benzene rings is 1. The van der Waals surface area contributed by atoms with Gasteiger partial charge in [0.1, 0.15) is 11.3 Å². The first-order chi connectivity index (χ1) is 8.15. The minimum Gasteiger partial charge on any atom is -0.507 e. The third kappa shape index (κ3) is 4.44. The minimum atomic E-state index is -1.10. The molecule has 0 aliphatic heterocycles. The van der Waals surface area contributed by atoms with E-state index in [1.54, 1.807) is 12.1 Å². The summed E-state index contributed by atoms with van der Waals surface area (Å²) in [5.74, 6) is -0.842. The van der Waals surface area contributed by atoms with Gasteiger partial charge in [-0.2, -0.15) is 0 Å². The molecular weight excluding hydrogens is 220 g/mol. The van der Waals surface area contributed by atoms with Gasteiger partial charge in [0, 0.05) is 6.42 Å². The molecule has 0 aromatic heterocycles. The number of hydrogen-bond acceptors (Lipinski definition) is 4. The van der Waals surface area contributed by atoms with Gasteiger partial charge in [0.05, 0.1) is 0 Å². The van der Waals surface area contributed by atoms with Crippen LogP contribution in [0.15, 0.2) is 24.3 Å². The standard InChI is InChI=1S/C13H18O4/c1-2-3-4-9-12(15)17-13(16)10-7-5-6-8-11(10)14/h5-8,12,14-15H,2-4,9H2,1H3. The molecule has 0 spiro atoms. The Hall–Kier alpha value is -1.55.